The van der Waals surface area contributed by atoms with Crippen LogP contribution < -0.4 is 0 Å². The number of rotatable bonds is 1. The minimum atomic E-state index is -0.613. The maximum absolute atomic E-state index is 10.6. The van der Waals surface area contributed by atoms with Gasteiger partial charge < -0.3 is 5.11 Å². The Morgan fingerprint density at radius 3 is 2.00 bits per heavy atom. The van der Waals surface area contributed by atoms with Crippen LogP contribution in [-0.2, 0) is 4.79 Å². The number of hydrogen-bond donors (Lipinski definition) is 1. The maximum Gasteiger partial charge on any atom is 0.307 e. The van der Waals surface area contributed by atoms with E-state index >= 15 is 0 Å². The van der Waals surface area contributed by atoms with Gasteiger partial charge in [0.25, 0.3) is 0 Å². The van der Waals surface area contributed by atoms with Gasteiger partial charge in [0.05, 0.1) is 5.92 Å². The minimum Gasteiger partial charge on any atom is -0.481 e. The fourth-order valence-corrected chi connectivity index (χ4v) is 2.15. The van der Waals surface area contributed by atoms with Crippen molar-refractivity contribution in [1.82, 2.24) is 0 Å². The number of aliphatic carboxylic acids is 1. The summed E-state index contributed by atoms with van der Waals surface area (Å²) in [7, 11) is 0. The lowest BCUT2D eigenvalue weighted by molar-refractivity contribution is -0.143. The van der Waals surface area contributed by atoms with Crippen LogP contribution in [0.3, 0.4) is 0 Å². The van der Waals surface area contributed by atoms with Gasteiger partial charge in [0, 0.05) is 0 Å². The molecule has 2 heteroatoms. The topological polar surface area (TPSA) is 37.3 Å². The van der Waals surface area contributed by atoms with Gasteiger partial charge in [-0.25, -0.2) is 0 Å². The summed E-state index contributed by atoms with van der Waals surface area (Å²) in [6.07, 6.45) is 6.29. The van der Waals surface area contributed by atoms with Crippen LogP contribution in [0.1, 0.15) is 12.8 Å². The van der Waals surface area contributed by atoms with E-state index in [1.165, 1.54) is 0 Å². The van der Waals surface area contributed by atoms with E-state index in [1.54, 1.807) is 0 Å². The van der Waals surface area contributed by atoms with Crippen molar-refractivity contribution in [2.75, 3.05) is 0 Å². The van der Waals surface area contributed by atoms with Gasteiger partial charge in [0.1, 0.15) is 0 Å². The molecule has 0 aliphatic heterocycles. The van der Waals surface area contributed by atoms with Gasteiger partial charge in [-0.15, -0.1) is 0 Å². The summed E-state index contributed by atoms with van der Waals surface area (Å²) >= 11 is 0. The normalized spacial score (nSPS) is 42.6. The van der Waals surface area contributed by atoms with Crippen molar-refractivity contribution in [2.45, 2.75) is 12.8 Å². The van der Waals surface area contributed by atoms with Crippen molar-refractivity contribution < 1.29 is 9.90 Å². The molecule has 3 atom stereocenters. The quantitative estimate of drug-likeness (QED) is 0.554. The molecule has 0 saturated heterocycles. The molecule has 2 nitrogen and oxygen atoms in total. The molecule has 0 spiro atoms. The first-order valence-corrected chi connectivity index (χ1v) is 3.70. The van der Waals surface area contributed by atoms with Crippen LogP contribution in [0.5, 0.6) is 0 Å². The third-order valence-electron chi connectivity index (χ3n) is 2.65. The largest absolute Gasteiger partial charge is 0.481 e. The Hall–Kier alpha value is -0.790. The van der Waals surface area contributed by atoms with E-state index in [1.807, 2.05) is 0 Å². The van der Waals surface area contributed by atoms with Gasteiger partial charge in [-0.1, -0.05) is 12.2 Å². The highest BCUT2D eigenvalue weighted by atomic mass is 16.4. The van der Waals surface area contributed by atoms with Crippen LogP contribution in [0.4, 0.5) is 0 Å². The first-order valence-electron chi connectivity index (χ1n) is 3.70. The zero-order valence-corrected chi connectivity index (χ0v) is 5.66. The molecule has 0 amide bonds. The molecule has 1 saturated carbocycles. The summed E-state index contributed by atoms with van der Waals surface area (Å²) in [5.74, 6) is 0.00231. The fourth-order valence-electron chi connectivity index (χ4n) is 2.15. The smallest absolute Gasteiger partial charge is 0.307 e. The molecule has 0 heterocycles. The van der Waals surface area contributed by atoms with Crippen LogP contribution in [0.2, 0.25) is 0 Å². The lowest BCUT2D eigenvalue weighted by atomic mass is 9.97. The van der Waals surface area contributed by atoms with E-state index in [2.05, 4.69) is 12.2 Å². The Morgan fingerprint density at radius 2 is 1.80 bits per heavy atom. The molecule has 1 N–H and O–H groups in total. The molecule has 2 aliphatic rings. The third-order valence-corrected chi connectivity index (χ3v) is 2.65. The Balaban J connectivity index is 2.22. The molecule has 2 aliphatic carbocycles. The van der Waals surface area contributed by atoms with Crippen molar-refractivity contribution in [3.8, 4) is 0 Å². The van der Waals surface area contributed by atoms with Crippen molar-refractivity contribution in [3.05, 3.63) is 12.2 Å². The highest BCUT2D eigenvalue weighted by Crippen LogP contribution is 2.44. The van der Waals surface area contributed by atoms with E-state index in [-0.39, 0.29) is 5.92 Å². The molecule has 1 fully saturated rings. The predicted octanol–water partition coefficient (Wildman–Crippen LogP) is 1.28. The first-order chi connectivity index (χ1) is 4.79. The average molecular weight is 138 g/mol. The molecule has 0 radical (unpaired) electrons. The minimum absolute atomic E-state index is 0.0833. The number of allylic oxidation sites excluding steroid dienone is 2. The summed E-state index contributed by atoms with van der Waals surface area (Å²) in [5.41, 5.74) is 0. The molecule has 2 rings (SSSR count). The van der Waals surface area contributed by atoms with Gasteiger partial charge in [-0.2, -0.15) is 0 Å². The third kappa shape index (κ3) is 0.618. The predicted molar refractivity (Wildman–Crippen MR) is 36.5 cm³/mol. The zero-order valence-electron chi connectivity index (χ0n) is 5.66. The first kappa shape index (κ1) is 5.96. The van der Waals surface area contributed by atoms with Crippen molar-refractivity contribution in [2.24, 2.45) is 17.8 Å². The molecular weight excluding hydrogens is 128 g/mol. The molecule has 0 aromatic heterocycles. The Kier molecular flexibility index (Phi) is 1.10. The maximum atomic E-state index is 10.6. The number of carboxylic acids is 1. The van der Waals surface area contributed by atoms with E-state index in [9.17, 15) is 4.79 Å². The van der Waals surface area contributed by atoms with Gasteiger partial charge in [-0.05, 0) is 24.7 Å². The van der Waals surface area contributed by atoms with Crippen molar-refractivity contribution in [1.29, 1.82) is 0 Å². The Bertz CT molecular complexity index is 181. The van der Waals surface area contributed by atoms with Crippen molar-refractivity contribution >= 4 is 5.97 Å². The van der Waals surface area contributed by atoms with E-state index < -0.39 is 5.97 Å². The van der Waals surface area contributed by atoms with Crippen LogP contribution in [0, 0.1) is 17.8 Å². The summed E-state index contributed by atoms with van der Waals surface area (Å²) in [6, 6.07) is 0. The number of hydrogen-bond acceptors (Lipinski definition) is 1. The van der Waals surface area contributed by atoms with Gasteiger partial charge in [-0.3, -0.25) is 4.79 Å². The molecule has 0 aromatic carbocycles. The number of carbonyl (C=O) groups is 1. The number of carboxylic acid groups (broad SMARTS) is 1. The highest BCUT2D eigenvalue weighted by molar-refractivity contribution is 5.72. The second-order valence-corrected chi connectivity index (χ2v) is 3.15. The van der Waals surface area contributed by atoms with Gasteiger partial charge >= 0.3 is 5.97 Å². The van der Waals surface area contributed by atoms with E-state index in [4.69, 9.17) is 5.11 Å². The Morgan fingerprint density at radius 1 is 1.30 bits per heavy atom. The summed E-state index contributed by atoms with van der Waals surface area (Å²) in [6.45, 7) is 0. The second-order valence-electron chi connectivity index (χ2n) is 3.15. The molecule has 10 heavy (non-hydrogen) atoms. The summed E-state index contributed by atoms with van der Waals surface area (Å²) in [5, 5.41) is 8.75. The van der Waals surface area contributed by atoms with Crippen LogP contribution in [0.15, 0.2) is 12.2 Å². The van der Waals surface area contributed by atoms with E-state index in [0.717, 1.165) is 12.8 Å². The lowest BCUT2D eigenvalue weighted by Crippen LogP contribution is -2.18. The highest BCUT2D eigenvalue weighted by Gasteiger charge is 2.42. The molecule has 2 bridgehead atoms. The monoisotopic (exact) mass is 138 g/mol. The van der Waals surface area contributed by atoms with Gasteiger partial charge in [0.2, 0.25) is 0 Å². The SMILES string of the molecule is O=C(O)C1[C@@H]2C=C[C@H]1CC2. The van der Waals surface area contributed by atoms with Crippen LogP contribution in [0.25, 0.3) is 0 Å². The van der Waals surface area contributed by atoms with Crippen molar-refractivity contribution in [3.63, 3.8) is 0 Å². The van der Waals surface area contributed by atoms with Crippen LogP contribution in [-0.4, -0.2) is 11.1 Å². The molecule has 0 aromatic rings. The second kappa shape index (κ2) is 1.84. The standard InChI is InChI=1S/C8H10O2/c9-8(10)7-5-1-2-6(7)4-3-5/h1-2,5-7H,3-4H2,(H,9,10)/t5-,6+,7?. The average Bonchev–Trinajstić information content (AvgIpc) is 2.43. The fraction of sp³-hybridized carbons (Fsp3) is 0.625. The lowest BCUT2D eigenvalue weighted by Gasteiger charge is -2.07. The molecule has 54 valence electrons. The summed E-state index contributed by atoms with van der Waals surface area (Å²) in [4.78, 5) is 10.6. The van der Waals surface area contributed by atoms with Crippen LogP contribution >= 0.6 is 0 Å². The Labute approximate surface area is 59.5 Å². The number of fused-ring (bicyclic) bond motifs is 2. The summed E-state index contributed by atoms with van der Waals surface area (Å²) < 4.78 is 0. The zero-order chi connectivity index (χ0) is 7.14. The van der Waals surface area contributed by atoms with Gasteiger partial charge in [0.15, 0.2) is 0 Å². The van der Waals surface area contributed by atoms with E-state index in [0.29, 0.717) is 11.8 Å². The molecule has 1 unspecified atom stereocenters. The molecular formula is C8H10O2.